The number of ether oxygens (including phenoxy) is 2. The maximum absolute atomic E-state index is 12.3. The molecule has 0 aliphatic carbocycles. The van der Waals surface area contributed by atoms with Gasteiger partial charge < -0.3 is 9.47 Å². The van der Waals surface area contributed by atoms with E-state index in [1.54, 1.807) is 7.11 Å². The molecule has 0 saturated heterocycles. The molecule has 0 saturated carbocycles. The van der Waals surface area contributed by atoms with Crippen LogP contribution in [0.3, 0.4) is 0 Å². The third-order valence-electron chi connectivity index (χ3n) is 4.34. The summed E-state index contributed by atoms with van der Waals surface area (Å²) >= 11 is 0. The van der Waals surface area contributed by atoms with Gasteiger partial charge in [0.25, 0.3) is 0 Å². The summed E-state index contributed by atoms with van der Waals surface area (Å²) in [6.45, 7) is 4.07. The maximum Gasteiger partial charge on any atom is 0.310 e. The number of aromatic nitrogens is 2. The maximum atomic E-state index is 12.3. The fraction of sp³-hybridized carbons (Fsp3) is 0.238. The lowest BCUT2D eigenvalue weighted by Crippen LogP contribution is -2.10. The molecule has 1 aromatic heterocycles. The monoisotopic (exact) mass is 350 g/mol. The first-order chi connectivity index (χ1) is 12.6. The standard InChI is InChI=1S/C21H22N2O3/c1-15-19(16(2)23(22-15)18-10-5-4-6-11-18)13-21(24)26-14-17-9-7-8-12-20(17)25-3/h4-12H,13-14H2,1-3H3. The van der Waals surface area contributed by atoms with Crippen LogP contribution in [-0.4, -0.2) is 22.9 Å². The molecule has 0 unspecified atom stereocenters. The molecule has 1 heterocycles. The van der Waals surface area contributed by atoms with E-state index in [0.717, 1.165) is 28.2 Å². The number of carbonyl (C=O) groups excluding carboxylic acids is 1. The number of hydrogen-bond donors (Lipinski definition) is 0. The Bertz CT molecular complexity index is 901. The Morgan fingerprint density at radius 3 is 2.46 bits per heavy atom. The summed E-state index contributed by atoms with van der Waals surface area (Å²) in [6, 6.07) is 17.4. The number of carbonyl (C=O) groups is 1. The van der Waals surface area contributed by atoms with Crippen LogP contribution in [0.15, 0.2) is 54.6 Å². The number of aryl methyl sites for hydroxylation is 1. The summed E-state index contributed by atoms with van der Waals surface area (Å²) in [7, 11) is 1.60. The first-order valence-corrected chi connectivity index (χ1v) is 8.48. The third-order valence-corrected chi connectivity index (χ3v) is 4.34. The van der Waals surface area contributed by atoms with Crippen molar-refractivity contribution in [1.82, 2.24) is 9.78 Å². The lowest BCUT2D eigenvalue weighted by Gasteiger charge is -2.09. The van der Waals surface area contributed by atoms with Gasteiger partial charge in [0, 0.05) is 16.8 Å². The Hall–Kier alpha value is -3.08. The van der Waals surface area contributed by atoms with Gasteiger partial charge >= 0.3 is 5.97 Å². The lowest BCUT2D eigenvalue weighted by atomic mass is 10.1. The molecule has 0 aliphatic rings. The zero-order valence-corrected chi connectivity index (χ0v) is 15.2. The van der Waals surface area contributed by atoms with Crippen LogP contribution in [0.1, 0.15) is 22.5 Å². The summed E-state index contributed by atoms with van der Waals surface area (Å²) in [5, 5.41) is 4.57. The minimum Gasteiger partial charge on any atom is -0.496 e. The van der Waals surface area contributed by atoms with Gasteiger partial charge in [-0.15, -0.1) is 0 Å². The van der Waals surface area contributed by atoms with Crippen molar-refractivity contribution in [2.24, 2.45) is 0 Å². The highest BCUT2D eigenvalue weighted by molar-refractivity contribution is 5.73. The molecule has 0 aliphatic heterocycles. The second-order valence-corrected chi connectivity index (χ2v) is 6.05. The Labute approximate surface area is 153 Å². The van der Waals surface area contributed by atoms with Crippen molar-refractivity contribution in [2.75, 3.05) is 7.11 Å². The van der Waals surface area contributed by atoms with Gasteiger partial charge in [-0.1, -0.05) is 36.4 Å². The molecule has 0 radical (unpaired) electrons. The molecule has 3 rings (SSSR count). The molecule has 0 bridgehead atoms. The summed E-state index contributed by atoms with van der Waals surface area (Å²) in [5.41, 5.74) is 4.50. The first-order valence-electron chi connectivity index (χ1n) is 8.48. The fourth-order valence-electron chi connectivity index (χ4n) is 2.93. The van der Waals surface area contributed by atoms with Crippen LogP contribution in [0.4, 0.5) is 0 Å². The van der Waals surface area contributed by atoms with Crippen LogP contribution in [-0.2, 0) is 22.6 Å². The Balaban J connectivity index is 1.71. The number of para-hydroxylation sites is 2. The number of nitrogens with zero attached hydrogens (tertiary/aromatic N) is 2. The average Bonchev–Trinajstić information content (AvgIpc) is 2.95. The highest BCUT2D eigenvalue weighted by Gasteiger charge is 2.17. The van der Waals surface area contributed by atoms with Crippen molar-refractivity contribution < 1.29 is 14.3 Å². The number of benzene rings is 2. The van der Waals surface area contributed by atoms with E-state index in [0.29, 0.717) is 5.75 Å². The summed E-state index contributed by atoms with van der Waals surface area (Å²) in [6.07, 6.45) is 0.194. The molecule has 26 heavy (non-hydrogen) atoms. The minimum absolute atomic E-state index is 0.188. The lowest BCUT2D eigenvalue weighted by molar-refractivity contribution is -0.144. The largest absolute Gasteiger partial charge is 0.496 e. The van der Waals surface area contributed by atoms with Crippen molar-refractivity contribution in [3.05, 3.63) is 77.1 Å². The average molecular weight is 350 g/mol. The van der Waals surface area contributed by atoms with Crippen LogP contribution in [0.2, 0.25) is 0 Å². The Kier molecular flexibility index (Phi) is 5.37. The predicted molar refractivity (Wildman–Crippen MR) is 99.5 cm³/mol. The summed E-state index contributed by atoms with van der Waals surface area (Å²) in [5.74, 6) is 0.430. The molecule has 0 fully saturated rings. The highest BCUT2D eigenvalue weighted by Crippen LogP contribution is 2.20. The molecule has 5 nitrogen and oxygen atoms in total. The Morgan fingerprint density at radius 2 is 1.73 bits per heavy atom. The van der Waals surface area contributed by atoms with Crippen LogP contribution in [0.25, 0.3) is 5.69 Å². The van der Waals surface area contributed by atoms with Gasteiger partial charge in [-0.2, -0.15) is 5.10 Å². The summed E-state index contributed by atoms with van der Waals surface area (Å²) in [4.78, 5) is 12.3. The van der Waals surface area contributed by atoms with Crippen LogP contribution in [0.5, 0.6) is 5.75 Å². The van der Waals surface area contributed by atoms with Gasteiger partial charge in [-0.3, -0.25) is 4.79 Å². The van der Waals surface area contributed by atoms with Gasteiger partial charge in [0.1, 0.15) is 12.4 Å². The van der Waals surface area contributed by atoms with E-state index in [1.807, 2.05) is 73.1 Å². The van der Waals surface area contributed by atoms with Gasteiger partial charge in [0.2, 0.25) is 0 Å². The number of rotatable bonds is 6. The second-order valence-electron chi connectivity index (χ2n) is 6.05. The zero-order chi connectivity index (χ0) is 18.5. The molecule has 134 valence electrons. The molecule has 0 spiro atoms. The van der Waals surface area contributed by atoms with E-state index < -0.39 is 0 Å². The first kappa shape index (κ1) is 17.7. The molecule has 5 heteroatoms. The summed E-state index contributed by atoms with van der Waals surface area (Å²) < 4.78 is 12.6. The minimum atomic E-state index is -0.283. The zero-order valence-electron chi connectivity index (χ0n) is 15.2. The molecule has 0 amide bonds. The van der Waals surface area contributed by atoms with Gasteiger partial charge in [-0.05, 0) is 32.0 Å². The quantitative estimate of drug-likeness (QED) is 0.635. The van der Waals surface area contributed by atoms with Crippen molar-refractivity contribution in [3.63, 3.8) is 0 Å². The van der Waals surface area contributed by atoms with Crippen molar-refractivity contribution in [1.29, 1.82) is 0 Å². The number of methoxy groups -OCH3 is 1. The van der Waals surface area contributed by atoms with E-state index in [-0.39, 0.29) is 19.0 Å². The molecule has 2 aromatic carbocycles. The van der Waals surface area contributed by atoms with Crippen molar-refractivity contribution in [3.8, 4) is 11.4 Å². The van der Waals surface area contributed by atoms with E-state index in [2.05, 4.69) is 5.10 Å². The molecule has 0 atom stereocenters. The van der Waals surface area contributed by atoms with E-state index in [9.17, 15) is 4.79 Å². The predicted octanol–water partition coefficient (Wildman–Crippen LogP) is 3.78. The Morgan fingerprint density at radius 1 is 1.04 bits per heavy atom. The molecular weight excluding hydrogens is 328 g/mol. The SMILES string of the molecule is COc1ccccc1COC(=O)Cc1c(C)nn(-c2ccccc2)c1C. The van der Waals surface area contributed by atoms with Crippen LogP contribution in [0, 0.1) is 13.8 Å². The fourth-order valence-corrected chi connectivity index (χ4v) is 2.93. The van der Waals surface area contributed by atoms with Gasteiger partial charge in [0.05, 0.1) is 24.9 Å². The van der Waals surface area contributed by atoms with Crippen molar-refractivity contribution in [2.45, 2.75) is 26.9 Å². The van der Waals surface area contributed by atoms with Crippen LogP contribution >= 0.6 is 0 Å². The third kappa shape index (κ3) is 3.77. The number of esters is 1. The molecular formula is C21H22N2O3. The van der Waals surface area contributed by atoms with Gasteiger partial charge in [-0.25, -0.2) is 4.68 Å². The normalized spacial score (nSPS) is 10.6. The number of hydrogen-bond acceptors (Lipinski definition) is 4. The highest BCUT2D eigenvalue weighted by atomic mass is 16.5. The van der Waals surface area contributed by atoms with Crippen LogP contribution < -0.4 is 4.74 Å². The molecule has 3 aromatic rings. The second kappa shape index (κ2) is 7.87. The van der Waals surface area contributed by atoms with Crippen molar-refractivity contribution >= 4 is 5.97 Å². The van der Waals surface area contributed by atoms with Gasteiger partial charge in [0.15, 0.2) is 0 Å². The smallest absolute Gasteiger partial charge is 0.310 e. The topological polar surface area (TPSA) is 53.4 Å². The van der Waals surface area contributed by atoms with E-state index in [1.165, 1.54) is 0 Å². The van der Waals surface area contributed by atoms with E-state index in [4.69, 9.17) is 9.47 Å². The molecule has 0 N–H and O–H groups in total. The van der Waals surface area contributed by atoms with E-state index >= 15 is 0 Å².